The molecule has 3 saturated heterocycles. The van der Waals surface area contributed by atoms with Crippen LogP contribution in [0.5, 0.6) is 11.8 Å². The Morgan fingerprint density at radius 2 is 1.91 bits per heavy atom. The van der Waals surface area contributed by atoms with Crippen molar-refractivity contribution < 1.29 is 27.4 Å². The summed E-state index contributed by atoms with van der Waals surface area (Å²) in [6.45, 7) is 2.28. The van der Waals surface area contributed by atoms with E-state index < -0.39 is 23.3 Å². The lowest BCUT2D eigenvalue weighted by molar-refractivity contribution is -0.136. The van der Waals surface area contributed by atoms with Crippen molar-refractivity contribution in [2.75, 3.05) is 38.2 Å². The molecule has 3 aliphatic heterocycles. The van der Waals surface area contributed by atoms with Crippen molar-refractivity contribution in [3.63, 3.8) is 0 Å². The van der Waals surface area contributed by atoms with E-state index in [0.29, 0.717) is 18.9 Å². The second kappa shape index (κ2) is 10.7. The summed E-state index contributed by atoms with van der Waals surface area (Å²) in [5, 5.41) is 14.5. The topological polar surface area (TPSA) is 86.6 Å². The molecule has 228 valence electrons. The van der Waals surface area contributed by atoms with Gasteiger partial charge in [-0.1, -0.05) is 12.0 Å². The molecular weight excluding hydrogens is 576 g/mol. The number of aromatic hydroxyl groups is 1. The van der Waals surface area contributed by atoms with Gasteiger partial charge in [0.15, 0.2) is 0 Å². The van der Waals surface area contributed by atoms with Crippen LogP contribution in [0.15, 0.2) is 30.5 Å². The van der Waals surface area contributed by atoms with E-state index in [-0.39, 0.29) is 69.3 Å². The number of likely N-dealkylation sites (N-methyl/N-ethyl adjacent to an activating group) is 1. The van der Waals surface area contributed by atoms with Gasteiger partial charge in [0.1, 0.15) is 29.6 Å². The number of benzene rings is 2. The summed E-state index contributed by atoms with van der Waals surface area (Å²) in [6, 6.07) is 5.24. The number of nitrogens with zero attached hydrogens (tertiary/aromatic N) is 5. The van der Waals surface area contributed by atoms with Crippen molar-refractivity contribution in [1.29, 1.82) is 0 Å². The predicted octanol–water partition coefficient (Wildman–Crippen LogP) is 5.10. The van der Waals surface area contributed by atoms with Crippen molar-refractivity contribution in [3.8, 4) is 35.4 Å². The van der Waals surface area contributed by atoms with E-state index in [4.69, 9.17) is 11.2 Å². The number of anilines is 1. The van der Waals surface area contributed by atoms with Gasteiger partial charge in [-0.25, -0.2) is 4.39 Å². The predicted molar refractivity (Wildman–Crippen MR) is 158 cm³/mol. The van der Waals surface area contributed by atoms with Crippen molar-refractivity contribution in [3.05, 3.63) is 47.4 Å². The zero-order chi connectivity index (χ0) is 30.7. The third-order valence-electron chi connectivity index (χ3n) is 9.03. The number of hydrogen-bond acceptors (Lipinski definition) is 8. The molecular formula is C32H30F4N6O2. The first-order valence-corrected chi connectivity index (χ1v) is 14.6. The average Bonchev–Trinajstić information content (AvgIpc) is 3.56. The Labute approximate surface area is 251 Å². The van der Waals surface area contributed by atoms with Crippen molar-refractivity contribution in [2.45, 2.75) is 50.0 Å². The number of rotatable bonds is 5. The third kappa shape index (κ3) is 4.94. The number of halogens is 4. The van der Waals surface area contributed by atoms with Crippen LogP contribution >= 0.6 is 0 Å². The van der Waals surface area contributed by atoms with Crippen molar-refractivity contribution >= 4 is 27.5 Å². The second-order valence-electron chi connectivity index (χ2n) is 11.9. The minimum atomic E-state index is -4.94. The van der Waals surface area contributed by atoms with Crippen LogP contribution in [0.1, 0.15) is 36.8 Å². The zero-order valence-electron chi connectivity index (χ0n) is 24.0. The molecule has 12 heteroatoms. The van der Waals surface area contributed by atoms with Crippen LogP contribution in [0.2, 0.25) is 0 Å². The summed E-state index contributed by atoms with van der Waals surface area (Å²) in [5.74, 6) is 1.49. The van der Waals surface area contributed by atoms with E-state index in [1.165, 1.54) is 18.3 Å². The van der Waals surface area contributed by atoms with Crippen molar-refractivity contribution in [1.82, 2.24) is 25.2 Å². The lowest BCUT2D eigenvalue weighted by atomic mass is 9.93. The SMILES string of the molecule is C#Cc1c(F)ccc2cc(O)cc(-c3ncc4c(N5CC6CCC(C5)N6)nc(OC[C@@H]5CCCN5C)nc4c3C(F)(F)F)c12. The lowest BCUT2D eigenvalue weighted by Gasteiger charge is -2.34. The summed E-state index contributed by atoms with van der Waals surface area (Å²) in [4.78, 5) is 17.4. The highest BCUT2D eigenvalue weighted by molar-refractivity contribution is 6.04. The first-order valence-electron chi connectivity index (χ1n) is 14.6. The maximum Gasteiger partial charge on any atom is 0.420 e. The van der Waals surface area contributed by atoms with E-state index in [9.17, 15) is 9.50 Å². The van der Waals surface area contributed by atoms with Gasteiger partial charge in [0.05, 0.1) is 22.2 Å². The molecule has 3 fully saturated rings. The molecule has 8 nitrogen and oxygen atoms in total. The minimum absolute atomic E-state index is 0.0383. The van der Waals surface area contributed by atoms with Gasteiger partial charge in [-0.05, 0) is 62.9 Å². The molecule has 3 atom stereocenters. The molecule has 4 aromatic rings. The number of nitrogens with one attached hydrogen (secondary N) is 1. The summed E-state index contributed by atoms with van der Waals surface area (Å²) in [6.07, 6.45) is 5.83. The molecule has 0 aliphatic carbocycles. The fourth-order valence-electron chi connectivity index (χ4n) is 6.91. The van der Waals surface area contributed by atoms with Gasteiger partial charge >= 0.3 is 12.2 Å². The first kappa shape index (κ1) is 28.6. The van der Waals surface area contributed by atoms with Crippen LogP contribution in [-0.4, -0.2) is 76.4 Å². The molecule has 2 bridgehead atoms. The molecule has 2 unspecified atom stereocenters. The molecule has 44 heavy (non-hydrogen) atoms. The van der Waals surface area contributed by atoms with E-state index in [2.05, 4.69) is 31.1 Å². The van der Waals surface area contributed by atoms with E-state index in [1.807, 2.05) is 11.9 Å². The fourth-order valence-corrected chi connectivity index (χ4v) is 6.91. The van der Waals surface area contributed by atoms with Gasteiger partial charge in [0, 0.05) is 48.4 Å². The molecule has 2 aromatic carbocycles. The number of terminal acetylenes is 1. The Morgan fingerprint density at radius 1 is 1.14 bits per heavy atom. The second-order valence-corrected chi connectivity index (χ2v) is 11.9. The van der Waals surface area contributed by atoms with Gasteiger partial charge in [-0.2, -0.15) is 23.1 Å². The van der Waals surface area contributed by atoms with Crippen molar-refractivity contribution in [2.24, 2.45) is 0 Å². The van der Waals surface area contributed by atoms with Gasteiger partial charge in [-0.15, -0.1) is 6.42 Å². The van der Waals surface area contributed by atoms with E-state index in [1.54, 1.807) is 0 Å². The monoisotopic (exact) mass is 606 g/mol. The number of pyridine rings is 1. The quantitative estimate of drug-likeness (QED) is 0.240. The molecule has 2 aromatic heterocycles. The Kier molecular flexibility index (Phi) is 6.98. The minimum Gasteiger partial charge on any atom is -0.508 e. The van der Waals surface area contributed by atoms with Crippen LogP contribution in [0.25, 0.3) is 32.9 Å². The standard InChI is InChI=1S/C32H30F4N6O2/c1-3-22-25(33)9-6-17-11-21(43)12-23(26(17)22)28-27(32(34,35)36)29-24(13-37-28)30(42-14-18-7-8-19(15-42)38-18)40-31(39-29)44-16-20-5-4-10-41(20)2/h1,6,9,11-13,18-20,38,43H,4-5,7-8,10,14-16H2,2H3/t18?,19?,20-/m0/s1. The zero-order valence-corrected chi connectivity index (χ0v) is 24.0. The highest BCUT2D eigenvalue weighted by Crippen LogP contribution is 2.45. The molecule has 3 aliphatic rings. The summed E-state index contributed by atoms with van der Waals surface area (Å²) in [5.41, 5.74) is -2.43. The molecule has 0 amide bonds. The maximum atomic E-state index is 15.2. The Morgan fingerprint density at radius 3 is 2.59 bits per heavy atom. The van der Waals surface area contributed by atoms with Crippen LogP contribution < -0.4 is 15.0 Å². The third-order valence-corrected chi connectivity index (χ3v) is 9.03. The molecule has 0 radical (unpaired) electrons. The number of likely N-dealkylation sites (tertiary alicyclic amines) is 1. The normalized spacial score (nSPS) is 22.2. The van der Waals surface area contributed by atoms with Crippen LogP contribution in [0, 0.1) is 18.2 Å². The number of piperazine rings is 1. The largest absolute Gasteiger partial charge is 0.508 e. The van der Waals surface area contributed by atoms with Crippen LogP contribution in [0.4, 0.5) is 23.4 Å². The number of aromatic nitrogens is 3. The highest BCUT2D eigenvalue weighted by atomic mass is 19.4. The number of alkyl halides is 3. The Bertz CT molecular complexity index is 1810. The van der Waals surface area contributed by atoms with Gasteiger partial charge in [0.2, 0.25) is 0 Å². The van der Waals surface area contributed by atoms with Gasteiger partial charge < -0.3 is 25.0 Å². The van der Waals surface area contributed by atoms with E-state index in [0.717, 1.165) is 44.4 Å². The molecule has 5 heterocycles. The number of fused-ring (bicyclic) bond motifs is 4. The Balaban J connectivity index is 1.47. The van der Waals surface area contributed by atoms with E-state index >= 15 is 13.2 Å². The molecule has 0 saturated carbocycles. The molecule has 7 rings (SSSR count). The fraction of sp³-hybridized carbons (Fsp3) is 0.406. The maximum absolute atomic E-state index is 15.2. The Hall–Kier alpha value is -4.21. The molecule has 0 spiro atoms. The summed E-state index contributed by atoms with van der Waals surface area (Å²) < 4.78 is 66.4. The number of phenolic OH excluding ortho intramolecular Hbond substituents is 1. The number of hydrogen-bond donors (Lipinski definition) is 2. The average molecular weight is 607 g/mol. The van der Waals surface area contributed by atoms with Crippen LogP contribution in [0.3, 0.4) is 0 Å². The van der Waals surface area contributed by atoms with Crippen LogP contribution in [-0.2, 0) is 6.18 Å². The summed E-state index contributed by atoms with van der Waals surface area (Å²) >= 11 is 0. The number of phenols is 1. The first-order chi connectivity index (χ1) is 21.1. The summed E-state index contributed by atoms with van der Waals surface area (Å²) in [7, 11) is 1.98. The smallest absolute Gasteiger partial charge is 0.420 e. The van der Waals surface area contributed by atoms with Gasteiger partial charge in [-0.3, -0.25) is 4.98 Å². The lowest BCUT2D eigenvalue weighted by Crippen LogP contribution is -2.51. The number of ether oxygens (including phenoxy) is 1. The highest BCUT2D eigenvalue weighted by Gasteiger charge is 2.40. The van der Waals surface area contributed by atoms with Gasteiger partial charge in [0.25, 0.3) is 0 Å². The molecule has 2 N–H and O–H groups in total.